The molecule has 1 fully saturated rings. The molecule has 4 rings (SSSR count). The third kappa shape index (κ3) is 5.47. The van der Waals surface area contributed by atoms with Crippen molar-refractivity contribution in [1.29, 1.82) is 0 Å². The summed E-state index contributed by atoms with van der Waals surface area (Å²) in [4.78, 5) is 5.80. The number of rotatable bonds is 7. The molecule has 0 bridgehead atoms. The lowest BCUT2D eigenvalue weighted by atomic mass is 9.97. The van der Waals surface area contributed by atoms with Gasteiger partial charge in [-0.05, 0) is 71.9 Å². The zero-order valence-electron chi connectivity index (χ0n) is 17.0. The number of allylic oxidation sites excluding steroid dienone is 1. The molecule has 3 aromatic carbocycles. The van der Waals surface area contributed by atoms with Crippen molar-refractivity contribution in [3.8, 4) is 16.9 Å². The molecule has 0 aliphatic heterocycles. The topological polar surface area (TPSA) is 30.5 Å². The summed E-state index contributed by atoms with van der Waals surface area (Å²) >= 11 is 0. The molecule has 31 heavy (non-hydrogen) atoms. The van der Waals surface area contributed by atoms with Gasteiger partial charge < -0.3 is 4.74 Å². The van der Waals surface area contributed by atoms with E-state index in [1.807, 2.05) is 30.3 Å². The van der Waals surface area contributed by atoms with Crippen molar-refractivity contribution < 1.29 is 22.7 Å². The minimum absolute atomic E-state index is 0.245. The highest BCUT2D eigenvalue weighted by atomic mass is 19.4. The lowest BCUT2D eigenvalue weighted by Crippen LogP contribution is -2.17. The summed E-state index contributed by atoms with van der Waals surface area (Å²) in [5, 5.41) is 0. The minimum atomic E-state index is -4.70. The molecule has 1 aliphatic carbocycles. The Bertz CT molecular complexity index is 1070. The van der Waals surface area contributed by atoms with Gasteiger partial charge in [0.15, 0.2) is 0 Å². The van der Waals surface area contributed by atoms with Crippen LogP contribution in [0.2, 0.25) is 0 Å². The molecule has 0 aromatic heterocycles. The Balaban J connectivity index is 1.44. The van der Waals surface area contributed by atoms with Gasteiger partial charge in [-0.2, -0.15) is 0 Å². The van der Waals surface area contributed by atoms with Gasteiger partial charge in [0.2, 0.25) is 0 Å². The number of halogens is 3. The molecule has 6 heteroatoms. The number of alkyl halides is 3. The molecule has 3 aromatic rings. The third-order valence-electron chi connectivity index (χ3n) is 5.16. The molecule has 3 nitrogen and oxygen atoms in total. The highest BCUT2D eigenvalue weighted by Gasteiger charge is 2.31. The molecule has 0 amide bonds. The molecule has 0 unspecified atom stereocenters. The molecule has 1 saturated carbocycles. The molecular weight excluding hydrogens is 403 g/mol. The van der Waals surface area contributed by atoms with E-state index in [9.17, 15) is 13.2 Å². The smallest absolute Gasteiger partial charge is 0.406 e. The van der Waals surface area contributed by atoms with Gasteiger partial charge in [-0.1, -0.05) is 48.5 Å². The highest BCUT2D eigenvalue weighted by Crippen LogP contribution is 2.36. The van der Waals surface area contributed by atoms with E-state index in [1.54, 1.807) is 12.1 Å². The van der Waals surface area contributed by atoms with Crippen LogP contribution >= 0.6 is 0 Å². The van der Waals surface area contributed by atoms with Crippen LogP contribution in [0.3, 0.4) is 0 Å². The summed E-state index contributed by atoms with van der Waals surface area (Å²) in [7, 11) is 0. The number of hydrogen-bond donors (Lipinski definition) is 1. The van der Waals surface area contributed by atoms with E-state index < -0.39 is 6.36 Å². The average Bonchev–Trinajstić information content (AvgIpc) is 3.58. The monoisotopic (exact) mass is 425 g/mol. The van der Waals surface area contributed by atoms with Gasteiger partial charge >= 0.3 is 6.36 Å². The Labute approximate surface area is 179 Å². The van der Waals surface area contributed by atoms with E-state index in [4.69, 9.17) is 4.84 Å². The zero-order valence-corrected chi connectivity index (χ0v) is 17.0. The standard InChI is InChI=1S/C25H22F3NO2/c1-17-21(8-5-9-23(17)18-6-3-2-4-7-18)16-30-29-24(19-10-11-19)20-12-14-22(15-13-20)31-25(26,27)28/h2-9,12-15,29H,10-11,16H2,1H3. The van der Waals surface area contributed by atoms with Gasteiger partial charge in [0.05, 0.1) is 12.3 Å². The van der Waals surface area contributed by atoms with E-state index >= 15 is 0 Å². The number of hydrogen-bond acceptors (Lipinski definition) is 3. The Kier molecular flexibility index (Phi) is 6.00. The highest BCUT2D eigenvalue weighted by molar-refractivity contribution is 5.70. The lowest BCUT2D eigenvalue weighted by Gasteiger charge is -2.15. The van der Waals surface area contributed by atoms with Gasteiger partial charge in [0.1, 0.15) is 5.75 Å². The number of benzene rings is 3. The van der Waals surface area contributed by atoms with Crippen LogP contribution in [0, 0.1) is 6.92 Å². The maximum Gasteiger partial charge on any atom is 0.573 e. The van der Waals surface area contributed by atoms with Crippen molar-refractivity contribution in [2.24, 2.45) is 0 Å². The Hall–Kier alpha value is -3.25. The van der Waals surface area contributed by atoms with Crippen molar-refractivity contribution >= 4 is 5.70 Å². The van der Waals surface area contributed by atoms with E-state index in [0.717, 1.165) is 46.4 Å². The van der Waals surface area contributed by atoms with Gasteiger partial charge in [0, 0.05) is 5.56 Å². The largest absolute Gasteiger partial charge is 0.573 e. The van der Waals surface area contributed by atoms with Crippen molar-refractivity contribution in [2.45, 2.75) is 32.7 Å². The van der Waals surface area contributed by atoms with Crippen LogP contribution in [-0.4, -0.2) is 6.36 Å². The van der Waals surface area contributed by atoms with Crippen LogP contribution in [-0.2, 0) is 11.4 Å². The number of hydroxylamine groups is 1. The fourth-order valence-electron chi connectivity index (χ4n) is 3.43. The first-order valence-electron chi connectivity index (χ1n) is 10.0. The lowest BCUT2D eigenvalue weighted by molar-refractivity contribution is -0.274. The van der Waals surface area contributed by atoms with Crippen molar-refractivity contribution in [1.82, 2.24) is 5.48 Å². The first-order chi connectivity index (χ1) is 14.9. The Morgan fingerprint density at radius 1 is 0.903 bits per heavy atom. The summed E-state index contributed by atoms with van der Waals surface area (Å²) in [6.07, 6.45) is -2.82. The quantitative estimate of drug-likeness (QED) is 0.423. The van der Waals surface area contributed by atoms with Gasteiger partial charge in [-0.3, -0.25) is 10.3 Å². The summed E-state index contributed by atoms with van der Waals surface area (Å²) < 4.78 is 41.1. The third-order valence-corrected chi connectivity index (χ3v) is 5.16. The van der Waals surface area contributed by atoms with Crippen molar-refractivity contribution in [2.75, 3.05) is 0 Å². The second kappa shape index (κ2) is 8.86. The van der Waals surface area contributed by atoms with E-state index in [1.165, 1.54) is 17.7 Å². The summed E-state index contributed by atoms with van der Waals surface area (Å²) in [6.45, 7) is 2.43. The molecule has 0 atom stereocenters. The molecule has 0 saturated heterocycles. The predicted octanol–water partition coefficient (Wildman–Crippen LogP) is 6.79. The number of nitrogens with one attached hydrogen (secondary N) is 1. The maximum absolute atomic E-state index is 12.4. The average molecular weight is 425 g/mol. The number of ether oxygens (including phenoxy) is 1. The van der Waals surface area contributed by atoms with Crippen LogP contribution < -0.4 is 10.2 Å². The summed E-state index contributed by atoms with van der Waals surface area (Å²) in [5.74, 6) is -0.245. The minimum Gasteiger partial charge on any atom is -0.406 e. The van der Waals surface area contributed by atoms with Crippen LogP contribution in [0.15, 0.2) is 78.4 Å². The van der Waals surface area contributed by atoms with Crippen LogP contribution in [0.4, 0.5) is 13.2 Å². The molecule has 0 radical (unpaired) electrons. The second-order valence-electron chi connectivity index (χ2n) is 7.40. The van der Waals surface area contributed by atoms with Gasteiger partial charge in [0.25, 0.3) is 0 Å². The Morgan fingerprint density at radius 2 is 1.61 bits per heavy atom. The molecule has 160 valence electrons. The van der Waals surface area contributed by atoms with Crippen molar-refractivity contribution in [3.05, 3.63) is 95.1 Å². The summed E-state index contributed by atoms with van der Waals surface area (Å²) in [5.41, 5.74) is 10.3. The van der Waals surface area contributed by atoms with Gasteiger partial charge in [-0.25, -0.2) is 0 Å². The predicted molar refractivity (Wildman–Crippen MR) is 114 cm³/mol. The fraction of sp³-hybridized carbons (Fsp3) is 0.200. The second-order valence-corrected chi connectivity index (χ2v) is 7.40. The fourth-order valence-corrected chi connectivity index (χ4v) is 3.43. The SMILES string of the molecule is Cc1c(CONC(=C2CC2)c2ccc(OC(F)(F)F)cc2)cccc1-c1ccccc1. The molecule has 1 N–H and O–H groups in total. The maximum atomic E-state index is 12.4. The van der Waals surface area contributed by atoms with Gasteiger partial charge in [-0.15, -0.1) is 13.2 Å². The van der Waals surface area contributed by atoms with E-state index in [0.29, 0.717) is 6.61 Å². The molecule has 0 heterocycles. The van der Waals surface area contributed by atoms with E-state index in [2.05, 4.69) is 35.3 Å². The molecule has 1 aliphatic rings. The van der Waals surface area contributed by atoms with Crippen molar-refractivity contribution in [3.63, 3.8) is 0 Å². The Morgan fingerprint density at radius 3 is 2.26 bits per heavy atom. The normalized spacial score (nSPS) is 13.1. The molecule has 0 spiro atoms. The zero-order chi connectivity index (χ0) is 21.8. The van der Waals surface area contributed by atoms with Crippen LogP contribution in [0.25, 0.3) is 16.8 Å². The summed E-state index contributed by atoms with van der Waals surface area (Å²) in [6, 6.07) is 22.1. The first-order valence-corrected chi connectivity index (χ1v) is 10.0. The van der Waals surface area contributed by atoms with Crippen LogP contribution in [0.5, 0.6) is 5.75 Å². The first kappa shape index (κ1) is 21.0. The van der Waals surface area contributed by atoms with E-state index in [-0.39, 0.29) is 5.75 Å². The van der Waals surface area contributed by atoms with Crippen LogP contribution in [0.1, 0.15) is 29.5 Å². The molecular formula is C25H22F3NO2.